The normalized spacial score (nSPS) is 11.4. The Morgan fingerprint density at radius 2 is 1.91 bits per heavy atom. The number of aromatic nitrogens is 1. The fourth-order valence-electron chi connectivity index (χ4n) is 1.97. The van der Waals surface area contributed by atoms with Gasteiger partial charge in [-0.3, -0.25) is 4.99 Å². The smallest absolute Gasteiger partial charge is 0.219 e. The summed E-state index contributed by atoms with van der Waals surface area (Å²) in [5.41, 5.74) is 5.63. The molecule has 5 heteroatoms. The number of allylic oxidation sites excluding steroid dienone is 1. The minimum atomic E-state index is 0.568. The summed E-state index contributed by atoms with van der Waals surface area (Å²) in [6.45, 7) is 4.01. The van der Waals surface area contributed by atoms with Gasteiger partial charge in [0.25, 0.3) is 0 Å². The largest absolute Gasteiger partial charge is 0.439 e. The Morgan fingerprint density at radius 3 is 2.45 bits per heavy atom. The highest BCUT2D eigenvalue weighted by Crippen LogP contribution is 2.20. The van der Waals surface area contributed by atoms with Crippen LogP contribution in [0.2, 0.25) is 0 Å². The van der Waals surface area contributed by atoms with Crippen molar-refractivity contribution in [1.29, 1.82) is 0 Å². The Kier molecular flexibility index (Phi) is 5.27. The van der Waals surface area contributed by atoms with Crippen LogP contribution in [0.25, 0.3) is 0 Å². The lowest BCUT2D eigenvalue weighted by atomic mass is 10.1. The maximum Gasteiger partial charge on any atom is 0.219 e. The van der Waals surface area contributed by atoms with E-state index in [4.69, 9.17) is 4.74 Å². The number of aliphatic imine (C=N–C) groups is 1. The second-order valence-corrected chi connectivity index (χ2v) is 4.85. The molecule has 0 aliphatic heterocycles. The monoisotopic (exact) mass is 296 g/mol. The molecule has 2 aromatic rings. The molecular weight excluding hydrogens is 276 g/mol. The van der Waals surface area contributed by atoms with Gasteiger partial charge in [-0.15, -0.1) is 0 Å². The van der Waals surface area contributed by atoms with E-state index in [2.05, 4.69) is 22.0 Å². The summed E-state index contributed by atoms with van der Waals surface area (Å²) < 4.78 is 5.67. The lowest BCUT2D eigenvalue weighted by Crippen LogP contribution is -2.32. The lowest BCUT2D eigenvalue weighted by Gasteiger charge is -2.17. The van der Waals surface area contributed by atoms with Crippen molar-refractivity contribution in [2.24, 2.45) is 4.99 Å². The van der Waals surface area contributed by atoms with Crippen molar-refractivity contribution in [3.8, 4) is 11.6 Å². The molecule has 0 bridgehead atoms. The van der Waals surface area contributed by atoms with Crippen molar-refractivity contribution < 1.29 is 4.74 Å². The van der Waals surface area contributed by atoms with E-state index in [0.29, 0.717) is 5.88 Å². The number of rotatable bonds is 6. The average molecular weight is 296 g/mol. The van der Waals surface area contributed by atoms with Crippen molar-refractivity contribution in [3.63, 3.8) is 0 Å². The van der Waals surface area contributed by atoms with Gasteiger partial charge in [-0.2, -0.15) is 0 Å². The van der Waals surface area contributed by atoms with E-state index in [9.17, 15) is 0 Å². The fourth-order valence-corrected chi connectivity index (χ4v) is 1.97. The molecular formula is C17H20N4O. The van der Waals surface area contributed by atoms with Gasteiger partial charge in [0.15, 0.2) is 0 Å². The molecule has 0 aliphatic carbocycles. The van der Waals surface area contributed by atoms with Crippen molar-refractivity contribution in [1.82, 2.24) is 15.4 Å². The van der Waals surface area contributed by atoms with E-state index in [1.165, 1.54) is 0 Å². The molecule has 1 heterocycles. The van der Waals surface area contributed by atoms with Crippen molar-refractivity contribution in [2.75, 3.05) is 21.1 Å². The van der Waals surface area contributed by atoms with Gasteiger partial charge in [0.2, 0.25) is 5.88 Å². The molecule has 1 aromatic carbocycles. The summed E-state index contributed by atoms with van der Waals surface area (Å²) in [4.78, 5) is 8.43. The van der Waals surface area contributed by atoms with Gasteiger partial charge < -0.3 is 10.2 Å². The van der Waals surface area contributed by atoms with E-state index in [-0.39, 0.29) is 0 Å². The minimum absolute atomic E-state index is 0.568. The van der Waals surface area contributed by atoms with Crippen LogP contribution < -0.4 is 10.2 Å². The van der Waals surface area contributed by atoms with Crippen LogP contribution in [0.4, 0.5) is 0 Å². The minimum Gasteiger partial charge on any atom is -0.439 e. The van der Waals surface area contributed by atoms with Crippen LogP contribution in [0.15, 0.2) is 65.9 Å². The first-order valence-electron chi connectivity index (χ1n) is 6.89. The Labute approximate surface area is 130 Å². The van der Waals surface area contributed by atoms with Crippen LogP contribution in [-0.2, 0) is 0 Å². The van der Waals surface area contributed by atoms with Gasteiger partial charge in [-0.25, -0.2) is 9.99 Å². The van der Waals surface area contributed by atoms with Crippen molar-refractivity contribution >= 4 is 5.71 Å². The molecule has 0 atom stereocenters. The zero-order valence-electron chi connectivity index (χ0n) is 13.1. The van der Waals surface area contributed by atoms with Crippen LogP contribution in [0.3, 0.4) is 0 Å². The molecule has 0 radical (unpaired) electrons. The Bertz CT molecular complexity index is 648. The third kappa shape index (κ3) is 4.17. The third-order valence-corrected chi connectivity index (χ3v) is 2.86. The number of ether oxygens (including phenoxy) is 1. The molecule has 1 aromatic heterocycles. The van der Waals surface area contributed by atoms with E-state index in [1.54, 1.807) is 13.2 Å². The number of nitrogens with zero attached hydrogens (tertiary/aromatic N) is 3. The second kappa shape index (κ2) is 7.38. The summed E-state index contributed by atoms with van der Waals surface area (Å²) in [5.74, 6) is 1.29. The van der Waals surface area contributed by atoms with E-state index in [0.717, 1.165) is 22.7 Å². The van der Waals surface area contributed by atoms with Crippen molar-refractivity contribution in [2.45, 2.75) is 0 Å². The van der Waals surface area contributed by atoms with Gasteiger partial charge in [-0.05, 0) is 30.3 Å². The van der Waals surface area contributed by atoms with Crippen LogP contribution in [0, 0.1) is 0 Å². The van der Waals surface area contributed by atoms with E-state index >= 15 is 0 Å². The summed E-state index contributed by atoms with van der Waals surface area (Å²) in [5, 5.41) is 1.83. The molecule has 0 fully saturated rings. The molecule has 0 amide bonds. The third-order valence-electron chi connectivity index (χ3n) is 2.86. The lowest BCUT2D eigenvalue weighted by molar-refractivity contribution is 0.336. The van der Waals surface area contributed by atoms with Gasteiger partial charge in [0.05, 0.1) is 11.4 Å². The summed E-state index contributed by atoms with van der Waals surface area (Å²) in [6, 6.07) is 13.2. The Morgan fingerprint density at radius 1 is 1.18 bits per heavy atom. The van der Waals surface area contributed by atoms with E-state index < -0.39 is 0 Å². The predicted octanol–water partition coefficient (Wildman–Crippen LogP) is 2.87. The van der Waals surface area contributed by atoms with Crippen LogP contribution in [0.1, 0.15) is 5.56 Å². The number of hydrogen-bond donors (Lipinski definition) is 1. The summed E-state index contributed by atoms with van der Waals surface area (Å²) in [6.07, 6.45) is 1.70. The van der Waals surface area contributed by atoms with Gasteiger partial charge in [0, 0.05) is 39.0 Å². The Hall–Kier alpha value is -2.66. The van der Waals surface area contributed by atoms with Gasteiger partial charge in [0.1, 0.15) is 5.75 Å². The number of hydrazine groups is 1. The highest BCUT2D eigenvalue weighted by atomic mass is 16.5. The first-order valence-corrected chi connectivity index (χ1v) is 6.89. The second-order valence-electron chi connectivity index (χ2n) is 4.85. The zero-order chi connectivity index (χ0) is 15.9. The first kappa shape index (κ1) is 15.7. The van der Waals surface area contributed by atoms with E-state index in [1.807, 2.05) is 61.6 Å². The van der Waals surface area contributed by atoms with Crippen LogP contribution in [-0.4, -0.2) is 36.8 Å². The Balaban J connectivity index is 2.12. The predicted molar refractivity (Wildman–Crippen MR) is 89.2 cm³/mol. The molecule has 0 saturated carbocycles. The van der Waals surface area contributed by atoms with Crippen LogP contribution >= 0.6 is 0 Å². The number of pyridine rings is 1. The molecule has 114 valence electrons. The maximum absolute atomic E-state index is 5.67. The number of benzene rings is 1. The molecule has 2 rings (SSSR count). The molecule has 0 saturated heterocycles. The summed E-state index contributed by atoms with van der Waals surface area (Å²) in [7, 11) is 5.56. The molecule has 0 unspecified atom stereocenters. The first-order chi connectivity index (χ1) is 10.6. The number of hydrogen-bond acceptors (Lipinski definition) is 5. The van der Waals surface area contributed by atoms with Crippen molar-refractivity contribution in [3.05, 3.63) is 66.5 Å². The average Bonchev–Trinajstić information content (AvgIpc) is 2.50. The highest BCUT2D eigenvalue weighted by Gasteiger charge is 2.08. The molecule has 5 nitrogen and oxygen atoms in total. The number of nitrogens with one attached hydrogen (secondary N) is 1. The molecule has 22 heavy (non-hydrogen) atoms. The quantitative estimate of drug-likeness (QED) is 0.658. The van der Waals surface area contributed by atoms with Gasteiger partial charge in [-0.1, -0.05) is 12.6 Å². The SMILES string of the molecule is C=C(NN(C)C)/C(=N\C)c1ccc(Oc2ccccn2)cc1. The molecule has 0 aliphatic rings. The summed E-state index contributed by atoms with van der Waals surface area (Å²) >= 11 is 0. The topological polar surface area (TPSA) is 49.8 Å². The van der Waals surface area contributed by atoms with Gasteiger partial charge >= 0.3 is 0 Å². The fraction of sp³-hybridized carbons (Fsp3) is 0.176. The molecule has 1 N–H and O–H groups in total. The molecule has 0 spiro atoms. The highest BCUT2D eigenvalue weighted by molar-refractivity contribution is 6.11. The standard InChI is InChI=1S/C17H20N4O/c1-13(20-21(3)4)17(18-2)14-8-10-15(11-9-14)22-16-7-5-6-12-19-16/h5-12,20H,1H2,2-4H3/b18-17+. The zero-order valence-corrected chi connectivity index (χ0v) is 13.1. The van der Waals surface area contributed by atoms with Crippen LogP contribution in [0.5, 0.6) is 11.6 Å². The maximum atomic E-state index is 5.67.